The summed E-state index contributed by atoms with van der Waals surface area (Å²) in [5, 5.41) is 4.30. The first kappa shape index (κ1) is 31.5. The molecule has 250 valence electrons. The monoisotopic (exact) mass is 634 g/mol. The Bertz CT molecular complexity index is 1240. The molecule has 45 heavy (non-hydrogen) atoms. The second-order valence-electron chi connectivity index (χ2n) is 18.0. The molecule has 0 aromatic carbocycles. The highest BCUT2D eigenvalue weighted by Gasteiger charge is 2.68. The lowest BCUT2D eigenvalue weighted by Gasteiger charge is -2.71. The molecule has 9 unspecified atom stereocenters. The molecule has 4 nitrogen and oxygen atoms in total. The van der Waals surface area contributed by atoms with Gasteiger partial charge in [0.25, 0.3) is 0 Å². The smallest absolute Gasteiger partial charge is 0.312 e. The minimum atomic E-state index is -0.212. The van der Waals surface area contributed by atoms with E-state index in [2.05, 4.69) is 61.8 Å². The fraction of sp³-hybridized carbons (Fsp3) is 0.875. The molecule has 0 amide bonds. The zero-order chi connectivity index (χ0) is 31.1. The van der Waals surface area contributed by atoms with Gasteiger partial charge in [-0.25, -0.2) is 0 Å². The predicted octanol–water partition coefficient (Wildman–Crippen LogP) is 8.42. The highest BCUT2D eigenvalue weighted by Crippen LogP contribution is 2.75. The Morgan fingerprint density at radius 2 is 1.73 bits per heavy atom. The fourth-order valence-electron chi connectivity index (χ4n) is 14.0. The summed E-state index contributed by atoms with van der Waals surface area (Å²) in [5.74, 6) is 6.73. The second-order valence-corrected chi connectivity index (χ2v) is 19.2. The molecule has 0 bridgehead atoms. The number of ether oxygens (including phenoxy) is 1. The predicted molar refractivity (Wildman–Crippen MR) is 186 cm³/mol. The van der Waals surface area contributed by atoms with Crippen molar-refractivity contribution in [1.82, 2.24) is 10.2 Å². The van der Waals surface area contributed by atoms with Crippen molar-refractivity contribution in [2.45, 2.75) is 123 Å². The van der Waals surface area contributed by atoms with Crippen LogP contribution in [0.4, 0.5) is 0 Å². The second kappa shape index (κ2) is 11.4. The van der Waals surface area contributed by atoms with Crippen molar-refractivity contribution < 1.29 is 9.53 Å². The van der Waals surface area contributed by atoms with Crippen LogP contribution in [-0.2, 0) is 9.53 Å². The first-order chi connectivity index (χ1) is 21.6. The lowest BCUT2D eigenvalue weighted by molar-refractivity contribution is -0.212. The van der Waals surface area contributed by atoms with Crippen molar-refractivity contribution >= 4 is 17.7 Å². The molecule has 5 heteroatoms. The Balaban J connectivity index is 0.998. The van der Waals surface area contributed by atoms with E-state index in [1.165, 1.54) is 102 Å². The van der Waals surface area contributed by atoms with E-state index in [1.54, 1.807) is 11.1 Å². The van der Waals surface area contributed by atoms with Gasteiger partial charge in [0, 0.05) is 43.2 Å². The van der Waals surface area contributed by atoms with Crippen molar-refractivity contribution in [1.29, 1.82) is 0 Å². The highest BCUT2D eigenvalue weighted by atomic mass is 32.2. The Hall–Kier alpha value is -0.780. The van der Waals surface area contributed by atoms with Gasteiger partial charge >= 0.3 is 5.97 Å². The summed E-state index contributed by atoms with van der Waals surface area (Å²) < 4.78 is 5.42. The van der Waals surface area contributed by atoms with Crippen LogP contribution in [0.25, 0.3) is 0 Å². The molecule has 2 saturated heterocycles. The molecule has 1 spiro atoms. The zero-order valence-corrected chi connectivity index (χ0v) is 29.9. The number of hydrogen-bond donors (Lipinski definition) is 1. The summed E-state index contributed by atoms with van der Waals surface area (Å²) in [6.07, 6.45) is 23.2. The lowest BCUT2D eigenvalue weighted by Crippen LogP contribution is -2.67. The third kappa shape index (κ3) is 4.68. The van der Waals surface area contributed by atoms with Crippen LogP contribution in [0, 0.1) is 51.2 Å². The van der Waals surface area contributed by atoms with Crippen LogP contribution in [0.2, 0.25) is 0 Å². The van der Waals surface area contributed by atoms with Gasteiger partial charge in [0.05, 0.1) is 12.0 Å². The Morgan fingerprint density at radius 1 is 0.889 bits per heavy atom. The van der Waals surface area contributed by atoms with Crippen molar-refractivity contribution in [3.63, 3.8) is 0 Å². The van der Waals surface area contributed by atoms with Crippen LogP contribution in [0.15, 0.2) is 23.3 Å². The minimum Gasteiger partial charge on any atom is -0.465 e. The molecule has 4 saturated carbocycles. The normalized spacial score (nSPS) is 49.8. The van der Waals surface area contributed by atoms with E-state index < -0.39 is 0 Å². The average molecular weight is 635 g/mol. The van der Waals surface area contributed by atoms with Gasteiger partial charge in [0.2, 0.25) is 0 Å². The van der Waals surface area contributed by atoms with E-state index in [1.807, 2.05) is 0 Å². The van der Waals surface area contributed by atoms with Gasteiger partial charge in [-0.2, -0.15) is 11.8 Å². The molecule has 0 radical (unpaired) electrons. The quantitative estimate of drug-likeness (QED) is 0.308. The van der Waals surface area contributed by atoms with Crippen LogP contribution in [-0.4, -0.2) is 60.7 Å². The van der Waals surface area contributed by atoms with Gasteiger partial charge < -0.3 is 15.0 Å². The minimum absolute atomic E-state index is 0.0664. The van der Waals surface area contributed by atoms with E-state index in [-0.39, 0.29) is 11.4 Å². The standard InChI is InChI=1S/C40H62N2O2S/c1-28-30(29-9-16-39(17-10-29)20-25-44-35(39)43)11-14-36(2)31(28)12-15-38(4)34(36)8-7-32-33-6-5-13-40(33,19-18-37(32,38)3)41-21-22-42-23-26-45-27-24-42/h9,11,28,31-34,41H,5-8,10,12-27H2,1-4H3/t28?,31?,32?,33?,34?,36?,37-,38?,39?,40?/m1/s1. The number of carbonyl (C=O) groups is 1. The Morgan fingerprint density at radius 3 is 2.49 bits per heavy atom. The number of esters is 1. The number of hydrogen-bond acceptors (Lipinski definition) is 5. The topological polar surface area (TPSA) is 41.6 Å². The van der Waals surface area contributed by atoms with Gasteiger partial charge in [-0.1, -0.05) is 46.3 Å². The average Bonchev–Trinajstić information content (AvgIpc) is 3.62. The third-order valence-corrected chi connectivity index (χ3v) is 17.7. The molecule has 8 rings (SSSR count). The van der Waals surface area contributed by atoms with E-state index in [4.69, 9.17) is 4.74 Å². The van der Waals surface area contributed by atoms with Crippen LogP contribution < -0.4 is 5.32 Å². The van der Waals surface area contributed by atoms with Crippen molar-refractivity contribution in [3.05, 3.63) is 23.3 Å². The van der Waals surface area contributed by atoms with E-state index in [9.17, 15) is 4.79 Å². The van der Waals surface area contributed by atoms with E-state index in [0.717, 1.165) is 49.4 Å². The van der Waals surface area contributed by atoms with Crippen LogP contribution in [0.5, 0.6) is 0 Å². The Labute approximate surface area is 278 Å². The number of allylic oxidation sites excluding steroid dienone is 4. The maximum absolute atomic E-state index is 12.5. The first-order valence-electron chi connectivity index (χ1n) is 19.3. The number of nitrogens with one attached hydrogen (secondary N) is 1. The van der Waals surface area contributed by atoms with Crippen LogP contribution in [0.1, 0.15) is 118 Å². The molecule has 10 atom stereocenters. The molecular formula is C40H62N2O2S. The zero-order valence-electron chi connectivity index (χ0n) is 29.1. The largest absolute Gasteiger partial charge is 0.465 e. The van der Waals surface area contributed by atoms with Gasteiger partial charge in [-0.15, -0.1) is 0 Å². The van der Waals surface area contributed by atoms with E-state index >= 15 is 0 Å². The van der Waals surface area contributed by atoms with Gasteiger partial charge in [0.1, 0.15) is 0 Å². The number of fused-ring (bicyclic) bond motifs is 7. The van der Waals surface area contributed by atoms with E-state index in [0.29, 0.717) is 34.3 Å². The number of cyclic esters (lactones) is 1. The van der Waals surface area contributed by atoms with Crippen molar-refractivity contribution in [2.75, 3.05) is 44.3 Å². The Kier molecular flexibility index (Phi) is 7.97. The lowest BCUT2D eigenvalue weighted by atomic mass is 9.34. The van der Waals surface area contributed by atoms with Gasteiger partial charge in [-0.05, 0) is 140 Å². The molecule has 6 fully saturated rings. The maximum atomic E-state index is 12.5. The number of carbonyl (C=O) groups excluding carboxylic acids is 1. The number of thioether (sulfide) groups is 1. The molecule has 2 aliphatic heterocycles. The summed E-state index contributed by atoms with van der Waals surface area (Å²) >= 11 is 2.13. The number of rotatable bonds is 5. The molecule has 8 aliphatic rings. The summed E-state index contributed by atoms with van der Waals surface area (Å²) in [7, 11) is 0. The molecule has 0 aromatic heterocycles. The summed E-state index contributed by atoms with van der Waals surface area (Å²) in [5.41, 5.74) is 4.74. The highest BCUT2D eigenvalue weighted by molar-refractivity contribution is 7.99. The molecule has 2 heterocycles. The molecular weight excluding hydrogens is 573 g/mol. The fourth-order valence-corrected chi connectivity index (χ4v) is 15.0. The molecule has 1 N–H and O–H groups in total. The van der Waals surface area contributed by atoms with Gasteiger partial charge in [0.15, 0.2) is 0 Å². The molecule has 6 aliphatic carbocycles. The summed E-state index contributed by atoms with van der Waals surface area (Å²) in [6.45, 7) is 16.5. The van der Waals surface area contributed by atoms with Crippen molar-refractivity contribution in [3.8, 4) is 0 Å². The third-order valence-electron chi connectivity index (χ3n) is 16.8. The van der Waals surface area contributed by atoms with Crippen LogP contribution in [0.3, 0.4) is 0 Å². The SMILES string of the molecule is CC1C(C2=CCC3(CCOC3=O)CC2)=CCC2(C)C1CCC1(C)C2CCC2C3CCCC3(NCCN3CCSCC3)CC[C@]21C. The first-order valence-corrected chi connectivity index (χ1v) is 20.4. The van der Waals surface area contributed by atoms with Crippen molar-refractivity contribution in [2.24, 2.45) is 51.2 Å². The van der Waals surface area contributed by atoms with Crippen LogP contribution >= 0.6 is 11.8 Å². The number of nitrogens with zero attached hydrogens (tertiary/aromatic N) is 1. The summed E-state index contributed by atoms with van der Waals surface area (Å²) in [4.78, 5) is 15.2. The molecule has 0 aromatic rings. The summed E-state index contributed by atoms with van der Waals surface area (Å²) in [6, 6.07) is 0. The maximum Gasteiger partial charge on any atom is 0.312 e. The van der Waals surface area contributed by atoms with Gasteiger partial charge in [-0.3, -0.25) is 4.79 Å².